The first-order valence-corrected chi connectivity index (χ1v) is 9.90. The van der Waals surface area contributed by atoms with Crippen LogP contribution in [0.15, 0.2) is 33.5 Å². The van der Waals surface area contributed by atoms with Crippen LogP contribution >= 0.6 is 0 Å². The Kier molecular flexibility index (Phi) is 6.53. The molecule has 0 radical (unpaired) electrons. The van der Waals surface area contributed by atoms with Crippen molar-refractivity contribution in [3.05, 3.63) is 40.2 Å². The van der Waals surface area contributed by atoms with E-state index in [0.29, 0.717) is 17.8 Å². The van der Waals surface area contributed by atoms with Gasteiger partial charge in [-0.3, -0.25) is 9.69 Å². The second-order valence-electron chi connectivity index (χ2n) is 7.62. The molecule has 2 aromatic rings. The Bertz CT molecular complexity index is 953. The largest absolute Gasteiger partial charge is 0.423 e. The quantitative estimate of drug-likeness (QED) is 0.572. The number of rotatable bonds is 6. The molecule has 1 unspecified atom stereocenters. The Morgan fingerprint density at radius 3 is 2.83 bits per heavy atom. The third-order valence-electron chi connectivity index (χ3n) is 5.21. The fourth-order valence-corrected chi connectivity index (χ4v) is 3.73. The van der Waals surface area contributed by atoms with E-state index in [1.54, 1.807) is 31.1 Å². The molecule has 0 saturated carbocycles. The number of carbonyl (C=O) groups excluding carboxylic acids is 2. The predicted molar refractivity (Wildman–Crippen MR) is 112 cm³/mol. The summed E-state index contributed by atoms with van der Waals surface area (Å²) in [6.45, 7) is 4.03. The van der Waals surface area contributed by atoms with E-state index in [4.69, 9.17) is 4.42 Å². The van der Waals surface area contributed by atoms with Crippen molar-refractivity contribution in [2.24, 2.45) is 0 Å². The molecule has 0 aliphatic carbocycles. The zero-order valence-corrected chi connectivity index (χ0v) is 17.2. The van der Waals surface area contributed by atoms with Gasteiger partial charge in [-0.1, -0.05) is 0 Å². The number of hydrogen-bond acceptors (Lipinski definition) is 5. The zero-order chi connectivity index (χ0) is 21.0. The number of benzene rings is 1. The number of likely N-dealkylation sites (N-methyl/N-ethyl adjacent to an activating group) is 1. The maximum Gasteiger partial charge on any atom is 0.336 e. The van der Waals surface area contributed by atoms with Crippen molar-refractivity contribution < 1.29 is 14.0 Å². The summed E-state index contributed by atoms with van der Waals surface area (Å²) in [4.78, 5) is 39.7. The van der Waals surface area contributed by atoms with Crippen LogP contribution in [0.5, 0.6) is 0 Å². The van der Waals surface area contributed by atoms with E-state index in [2.05, 4.69) is 15.5 Å². The summed E-state index contributed by atoms with van der Waals surface area (Å²) in [5.74, 6) is 0.145. The molecule has 2 heterocycles. The lowest BCUT2D eigenvalue weighted by atomic mass is 10.1. The van der Waals surface area contributed by atoms with E-state index in [1.165, 1.54) is 6.07 Å². The first-order valence-electron chi connectivity index (χ1n) is 9.90. The molecule has 1 aliphatic heterocycles. The molecular formula is C21H28N4O4. The summed E-state index contributed by atoms with van der Waals surface area (Å²) in [5.41, 5.74) is 1.42. The van der Waals surface area contributed by atoms with Crippen LogP contribution in [0.3, 0.4) is 0 Å². The average molecular weight is 400 g/mol. The average Bonchev–Trinajstić information content (AvgIpc) is 3.12. The van der Waals surface area contributed by atoms with Crippen LogP contribution in [-0.4, -0.2) is 61.5 Å². The summed E-state index contributed by atoms with van der Waals surface area (Å²) in [6.07, 6.45) is 2.68. The fourth-order valence-electron chi connectivity index (χ4n) is 3.73. The molecule has 8 heteroatoms. The molecule has 29 heavy (non-hydrogen) atoms. The van der Waals surface area contributed by atoms with Crippen LogP contribution in [0.1, 0.15) is 24.8 Å². The molecule has 156 valence electrons. The smallest absolute Gasteiger partial charge is 0.336 e. The van der Waals surface area contributed by atoms with Gasteiger partial charge in [-0.15, -0.1) is 0 Å². The highest BCUT2D eigenvalue weighted by Gasteiger charge is 2.30. The van der Waals surface area contributed by atoms with Crippen LogP contribution in [0.2, 0.25) is 0 Å². The Hall–Kier alpha value is -2.87. The van der Waals surface area contributed by atoms with Gasteiger partial charge in [0.15, 0.2) is 0 Å². The van der Waals surface area contributed by atoms with Crippen LogP contribution in [0.4, 0.5) is 10.5 Å². The molecule has 3 amide bonds. The molecule has 1 aromatic carbocycles. The van der Waals surface area contributed by atoms with E-state index in [1.807, 2.05) is 13.0 Å². The topological polar surface area (TPSA) is 94.9 Å². The molecule has 1 saturated heterocycles. The van der Waals surface area contributed by atoms with Gasteiger partial charge in [-0.05, 0) is 50.4 Å². The van der Waals surface area contributed by atoms with Crippen LogP contribution in [0.25, 0.3) is 11.0 Å². The maximum absolute atomic E-state index is 12.2. The van der Waals surface area contributed by atoms with Crippen LogP contribution < -0.4 is 16.3 Å². The summed E-state index contributed by atoms with van der Waals surface area (Å²) in [5, 5.41) is 6.42. The highest BCUT2D eigenvalue weighted by molar-refractivity contribution is 5.92. The van der Waals surface area contributed by atoms with Crippen LogP contribution in [-0.2, 0) is 4.79 Å². The first-order chi connectivity index (χ1) is 13.8. The molecule has 0 spiro atoms. The van der Waals surface area contributed by atoms with Gasteiger partial charge in [0.2, 0.25) is 5.91 Å². The van der Waals surface area contributed by atoms with Gasteiger partial charge in [-0.25, -0.2) is 9.59 Å². The summed E-state index contributed by atoms with van der Waals surface area (Å²) in [6, 6.07) is 6.32. The second-order valence-corrected chi connectivity index (χ2v) is 7.62. The lowest BCUT2D eigenvalue weighted by molar-refractivity contribution is -0.133. The molecule has 1 fully saturated rings. The van der Waals surface area contributed by atoms with Gasteiger partial charge in [0.1, 0.15) is 5.58 Å². The second kappa shape index (κ2) is 9.09. The SMILES string of the molecule is Cc1cc(=O)oc2cc(NC(=O)NCCCN3CCCC3C(=O)N(C)C)ccc12. The molecular weight excluding hydrogens is 372 g/mol. The van der Waals surface area contributed by atoms with Crippen molar-refractivity contribution >= 4 is 28.6 Å². The van der Waals surface area contributed by atoms with E-state index >= 15 is 0 Å². The van der Waals surface area contributed by atoms with Gasteiger partial charge in [-0.2, -0.15) is 0 Å². The number of carbonyl (C=O) groups is 2. The van der Waals surface area contributed by atoms with Gasteiger partial charge >= 0.3 is 11.7 Å². The minimum Gasteiger partial charge on any atom is -0.423 e. The van der Waals surface area contributed by atoms with Crippen molar-refractivity contribution in [2.75, 3.05) is 39.0 Å². The van der Waals surface area contributed by atoms with Crippen molar-refractivity contribution in [2.45, 2.75) is 32.2 Å². The zero-order valence-electron chi connectivity index (χ0n) is 17.2. The molecule has 1 atom stereocenters. The molecule has 0 bridgehead atoms. The van der Waals surface area contributed by atoms with E-state index in [9.17, 15) is 14.4 Å². The van der Waals surface area contributed by atoms with E-state index < -0.39 is 5.63 Å². The standard InChI is InChI=1S/C21H28N4O4/c1-14-12-19(26)29-18-13-15(7-8-16(14)18)23-21(28)22-9-5-11-25-10-4-6-17(25)20(27)24(2)3/h7-8,12-13,17H,4-6,9-11H2,1-3H3,(H2,22,23,28). The van der Waals surface area contributed by atoms with Gasteiger partial charge in [0.25, 0.3) is 0 Å². The highest BCUT2D eigenvalue weighted by atomic mass is 16.4. The fraction of sp³-hybridized carbons (Fsp3) is 0.476. The number of aryl methyl sites for hydroxylation is 1. The number of amides is 3. The molecule has 1 aliphatic rings. The summed E-state index contributed by atoms with van der Waals surface area (Å²) in [7, 11) is 3.56. The van der Waals surface area contributed by atoms with E-state index in [0.717, 1.165) is 43.3 Å². The van der Waals surface area contributed by atoms with Crippen LogP contribution in [0, 0.1) is 6.92 Å². The summed E-state index contributed by atoms with van der Waals surface area (Å²) >= 11 is 0. The van der Waals surface area contributed by atoms with Gasteiger partial charge < -0.3 is 20.0 Å². The number of nitrogens with one attached hydrogen (secondary N) is 2. The minimum atomic E-state index is -0.412. The Morgan fingerprint density at radius 2 is 2.07 bits per heavy atom. The third kappa shape index (κ3) is 5.14. The van der Waals surface area contributed by atoms with Crippen molar-refractivity contribution in [1.82, 2.24) is 15.1 Å². The maximum atomic E-state index is 12.2. The molecule has 8 nitrogen and oxygen atoms in total. The Morgan fingerprint density at radius 1 is 1.28 bits per heavy atom. The van der Waals surface area contributed by atoms with E-state index in [-0.39, 0.29) is 18.0 Å². The molecule has 3 rings (SSSR count). The lowest BCUT2D eigenvalue weighted by Crippen LogP contribution is -2.43. The Labute approximate surface area is 169 Å². The number of hydrogen-bond donors (Lipinski definition) is 2. The Balaban J connectivity index is 1.47. The molecule has 2 N–H and O–H groups in total. The predicted octanol–water partition coefficient (Wildman–Crippen LogP) is 2.17. The number of likely N-dealkylation sites (tertiary alicyclic amines) is 1. The van der Waals surface area contributed by atoms with Crippen molar-refractivity contribution in [3.63, 3.8) is 0 Å². The lowest BCUT2D eigenvalue weighted by Gasteiger charge is -2.26. The first kappa shape index (κ1) is 20.9. The highest BCUT2D eigenvalue weighted by Crippen LogP contribution is 2.21. The third-order valence-corrected chi connectivity index (χ3v) is 5.21. The number of urea groups is 1. The number of fused-ring (bicyclic) bond motifs is 1. The monoisotopic (exact) mass is 400 g/mol. The summed E-state index contributed by atoms with van der Waals surface area (Å²) < 4.78 is 5.20. The van der Waals surface area contributed by atoms with Crippen molar-refractivity contribution in [3.8, 4) is 0 Å². The molecule has 1 aromatic heterocycles. The van der Waals surface area contributed by atoms with Gasteiger partial charge in [0.05, 0.1) is 6.04 Å². The minimum absolute atomic E-state index is 0.0467. The number of nitrogens with zero attached hydrogens (tertiary/aromatic N) is 2. The van der Waals surface area contributed by atoms with Gasteiger partial charge in [0, 0.05) is 50.4 Å². The number of anilines is 1. The van der Waals surface area contributed by atoms with Crippen molar-refractivity contribution in [1.29, 1.82) is 0 Å². The normalized spacial score (nSPS) is 16.7.